The van der Waals surface area contributed by atoms with Gasteiger partial charge < -0.3 is 0 Å². The van der Waals surface area contributed by atoms with E-state index >= 15 is 0 Å². The number of rotatable bonds is 29. The van der Waals surface area contributed by atoms with Crippen molar-refractivity contribution in [2.45, 2.75) is 156 Å². The number of benzene rings is 13. The number of carbonyl (C=O) groups is 8. The number of fused-ring (bicyclic) bond motifs is 2. The average Bonchev–Trinajstić information content (AvgIpc) is 0.708. The number of amides is 8. The Balaban J connectivity index is 0.000000172. The maximum Gasteiger partial charge on any atom is 0.261 e. The Hall–Kier alpha value is -12.0. The first kappa shape index (κ1) is 76.0. The first-order chi connectivity index (χ1) is 55.8. The number of imide groups is 4. The lowest BCUT2D eigenvalue weighted by molar-refractivity contribution is 0.0592. The van der Waals surface area contributed by atoms with Crippen molar-refractivity contribution in [3.8, 4) is 55.6 Å². The van der Waals surface area contributed by atoms with E-state index in [1.807, 2.05) is 133 Å². The van der Waals surface area contributed by atoms with Gasteiger partial charge in [-0.3, -0.25) is 58.0 Å². The van der Waals surface area contributed by atoms with Gasteiger partial charge in [0.05, 0.1) is 0 Å². The SMILES string of the molecule is CCCCCCCN1C(=O)c2cccc3c(-c4c5ccccc5c(-c5ccc6c7c(cccc57)C(=O)N(CCCCCCC)C6=O)c5ccccc45)ccc(c23)C1=O.CCCCCCCN1C(=O)c2cccc3c(-c4ccc(-c5ccc(-c6ccc7c8c(cccc68)C(=O)N(CCCCCCC)C7=O)cc5)cc4)ccc(c23)C1=O. The van der Waals surface area contributed by atoms with E-state index in [2.05, 4.69) is 113 Å². The van der Waals surface area contributed by atoms with E-state index in [0.29, 0.717) is 81.5 Å². The molecule has 0 spiro atoms. The van der Waals surface area contributed by atoms with Crippen LogP contribution < -0.4 is 0 Å². The van der Waals surface area contributed by atoms with Gasteiger partial charge in [-0.25, -0.2) is 0 Å². The third-order valence-corrected chi connectivity index (χ3v) is 24.1. The zero-order chi connectivity index (χ0) is 78.7. The van der Waals surface area contributed by atoms with Crippen LogP contribution in [-0.2, 0) is 0 Å². The van der Waals surface area contributed by atoms with Crippen LogP contribution >= 0.6 is 0 Å². The predicted octanol–water partition coefficient (Wildman–Crippen LogP) is 24.9. The van der Waals surface area contributed by atoms with Gasteiger partial charge in [0, 0.05) is 92.2 Å². The highest BCUT2D eigenvalue weighted by Gasteiger charge is 2.38. The number of nitrogens with zero attached hydrogens (tertiary/aromatic N) is 4. The fourth-order valence-electron chi connectivity index (χ4n) is 18.2. The van der Waals surface area contributed by atoms with Crippen LogP contribution in [0.5, 0.6) is 0 Å². The van der Waals surface area contributed by atoms with Gasteiger partial charge in [0.1, 0.15) is 0 Å². The normalized spacial score (nSPS) is 13.8. The molecular weight excluding hydrogens is 1410 g/mol. The Bertz CT molecular complexity index is 5520. The second kappa shape index (κ2) is 33.3. The maximum absolute atomic E-state index is 14.0. The van der Waals surface area contributed by atoms with E-state index < -0.39 is 0 Å². The third kappa shape index (κ3) is 13.8. The van der Waals surface area contributed by atoms with Gasteiger partial charge >= 0.3 is 0 Å². The van der Waals surface area contributed by atoms with Crippen LogP contribution in [0.4, 0.5) is 0 Å². The van der Waals surface area contributed by atoms with Crippen LogP contribution in [0.25, 0.3) is 120 Å². The van der Waals surface area contributed by atoms with Gasteiger partial charge in [0.2, 0.25) is 0 Å². The summed E-state index contributed by atoms with van der Waals surface area (Å²) in [6, 6.07) is 72.4. The number of carbonyl (C=O) groups excluding carboxylic acids is 8. The fraction of sp³-hybridized carbons (Fsp3) is 0.275. The van der Waals surface area contributed by atoms with Crippen molar-refractivity contribution in [1.29, 1.82) is 0 Å². The molecule has 0 atom stereocenters. The highest BCUT2D eigenvalue weighted by molar-refractivity contribution is 6.33. The molecule has 0 unspecified atom stereocenters. The van der Waals surface area contributed by atoms with Crippen LogP contribution in [0, 0.1) is 0 Å². The number of unbranched alkanes of at least 4 members (excludes halogenated alkanes) is 16. The molecule has 114 heavy (non-hydrogen) atoms. The molecule has 4 aliphatic rings. The Morgan fingerprint density at radius 1 is 0.175 bits per heavy atom. The Labute approximate surface area is 666 Å². The van der Waals surface area contributed by atoms with Crippen molar-refractivity contribution < 1.29 is 38.4 Å². The topological polar surface area (TPSA) is 150 Å². The molecule has 13 aromatic rings. The molecule has 12 nitrogen and oxygen atoms in total. The number of hydrogen-bond acceptors (Lipinski definition) is 8. The Morgan fingerprint density at radius 3 is 0.614 bits per heavy atom. The summed E-state index contributed by atoms with van der Waals surface area (Å²) in [6.07, 6.45) is 20.9. The van der Waals surface area contributed by atoms with E-state index in [-0.39, 0.29) is 47.3 Å². The lowest BCUT2D eigenvalue weighted by Crippen LogP contribution is -2.40. The molecule has 8 amide bonds. The lowest BCUT2D eigenvalue weighted by atomic mass is 9.81. The summed E-state index contributed by atoms with van der Waals surface area (Å²) >= 11 is 0. The van der Waals surface area contributed by atoms with Gasteiger partial charge in [-0.2, -0.15) is 0 Å². The molecule has 0 saturated carbocycles. The molecule has 572 valence electrons. The van der Waals surface area contributed by atoms with Crippen molar-refractivity contribution in [2.24, 2.45) is 0 Å². The summed E-state index contributed by atoms with van der Waals surface area (Å²) in [5.41, 5.74) is 14.7. The van der Waals surface area contributed by atoms with E-state index in [1.54, 1.807) is 0 Å². The maximum atomic E-state index is 14.0. The smallest absolute Gasteiger partial charge is 0.261 e. The van der Waals surface area contributed by atoms with Gasteiger partial charge in [-0.1, -0.05) is 300 Å². The van der Waals surface area contributed by atoms with Crippen LogP contribution in [0.2, 0.25) is 0 Å². The van der Waals surface area contributed by atoms with E-state index in [4.69, 9.17) is 0 Å². The van der Waals surface area contributed by atoms with Crippen LogP contribution in [0.15, 0.2) is 218 Å². The van der Waals surface area contributed by atoms with Crippen LogP contribution in [0.1, 0.15) is 239 Å². The quantitative estimate of drug-likeness (QED) is 0.0255. The van der Waals surface area contributed by atoms with Crippen molar-refractivity contribution in [3.63, 3.8) is 0 Å². The zero-order valence-corrected chi connectivity index (χ0v) is 65.8. The molecule has 0 radical (unpaired) electrons. The molecule has 0 aromatic heterocycles. The molecule has 0 aliphatic carbocycles. The average molecular weight is 1510 g/mol. The molecule has 12 heteroatoms. The second-order valence-electron chi connectivity index (χ2n) is 31.3. The fourth-order valence-corrected chi connectivity index (χ4v) is 18.2. The van der Waals surface area contributed by atoms with Crippen LogP contribution in [-0.4, -0.2) is 93.0 Å². The van der Waals surface area contributed by atoms with Gasteiger partial charge in [-0.15, -0.1) is 0 Å². The Kier molecular flexibility index (Phi) is 22.2. The molecule has 0 N–H and O–H groups in total. The third-order valence-electron chi connectivity index (χ3n) is 24.1. The molecule has 4 heterocycles. The number of hydrogen-bond donors (Lipinski definition) is 0. The Morgan fingerprint density at radius 2 is 0.368 bits per heavy atom. The minimum absolute atomic E-state index is 0.204. The van der Waals surface area contributed by atoms with Crippen molar-refractivity contribution >= 4 is 112 Å². The summed E-state index contributed by atoms with van der Waals surface area (Å²) < 4.78 is 0. The first-order valence-electron chi connectivity index (χ1n) is 41.7. The monoisotopic (exact) mass is 1500 g/mol. The first-order valence-corrected chi connectivity index (χ1v) is 41.7. The highest BCUT2D eigenvalue weighted by atomic mass is 16.2. The minimum Gasteiger partial charge on any atom is -0.274 e. The molecule has 13 aromatic carbocycles. The highest BCUT2D eigenvalue weighted by Crippen LogP contribution is 2.50. The minimum atomic E-state index is -0.226. The molecule has 4 aliphatic heterocycles. The van der Waals surface area contributed by atoms with Gasteiger partial charge in [-0.05, 0) is 173 Å². The standard InChI is InChI=1S/C52H48N2O4.C50H48N2O4/c1-3-5-7-9-15-31-53-49(55)41-25-17-23-37-39(27-29-43(47(37)41)51(53)57)45-33-19-11-13-21-35(33)46(36-22-14-12-20-34(36)45)40-28-30-44-48-38(40)24-18-26-42(48)50(56)54(52(44)58)32-16-10-8-6-4-2;1-3-5-7-9-11-31-51-47(53)41-17-13-15-39-37(27-29-43(45(39)41)49(51)55)35-23-19-33(20-24-35)34-21-25-36(26-22-34)38-28-30-44-46-40(38)16-14-18-42(46)48(54)52(50(44)56)32-12-10-8-6-4-2/h11-14,17-30H,3-10,15-16,31-32H2,1-2H3;13-30H,3-12,31-32H2,1-2H3. The van der Waals surface area contributed by atoms with Crippen LogP contribution in [0.3, 0.4) is 0 Å². The van der Waals surface area contributed by atoms with Gasteiger partial charge in [0.25, 0.3) is 47.3 Å². The molecule has 0 bridgehead atoms. The molecule has 17 rings (SSSR count). The van der Waals surface area contributed by atoms with E-state index in [9.17, 15) is 38.4 Å². The lowest BCUT2D eigenvalue weighted by Gasteiger charge is -2.29. The summed E-state index contributed by atoms with van der Waals surface area (Å²) in [4.78, 5) is 116. The van der Waals surface area contributed by atoms with Gasteiger partial charge in [0.15, 0.2) is 0 Å². The summed E-state index contributed by atoms with van der Waals surface area (Å²) in [7, 11) is 0. The second-order valence-corrected chi connectivity index (χ2v) is 31.3. The summed E-state index contributed by atoms with van der Waals surface area (Å²) in [5, 5.41) is 10.6. The van der Waals surface area contributed by atoms with Crippen molar-refractivity contribution in [1.82, 2.24) is 19.6 Å². The van der Waals surface area contributed by atoms with E-state index in [0.717, 1.165) is 225 Å². The largest absolute Gasteiger partial charge is 0.274 e. The predicted molar refractivity (Wildman–Crippen MR) is 462 cm³/mol. The zero-order valence-electron chi connectivity index (χ0n) is 65.8. The molecule has 0 saturated heterocycles. The summed E-state index contributed by atoms with van der Waals surface area (Å²) in [5.74, 6) is -1.72. The molecule has 0 fully saturated rings. The molecular formula is C102H96N4O8. The van der Waals surface area contributed by atoms with E-state index in [1.165, 1.54) is 32.4 Å². The summed E-state index contributed by atoms with van der Waals surface area (Å²) in [6.45, 7) is 10.5. The van der Waals surface area contributed by atoms with Crippen molar-refractivity contribution in [2.75, 3.05) is 26.2 Å². The van der Waals surface area contributed by atoms with Crippen molar-refractivity contribution in [3.05, 3.63) is 263 Å².